The number of benzene rings is 2. The molecule has 1 N–H and O–H groups in total. The number of para-hydroxylation sites is 1. The highest BCUT2D eigenvalue weighted by Crippen LogP contribution is 2.31. The molecule has 0 amide bonds. The molecule has 8 nitrogen and oxygen atoms in total. The van der Waals surface area contributed by atoms with Gasteiger partial charge in [0.25, 0.3) is 11.2 Å². The Hall–Kier alpha value is -4.51. The van der Waals surface area contributed by atoms with Crippen molar-refractivity contribution in [3.63, 3.8) is 0 Å². The fraction of sp³-hybridized carbons (Fsp3) is 0.0455. The van der Waals surface area contributed by atoms with Gasteiger partial charge in [-0.1, -0.05) is 18.2 Å². The molecular formula is C22H14N4O4. The predicted octanol–water partition coefficient (Wildman–Crippen LogP) is 4.46. The number of furan rings is 1. The number of hydrogen-bond donors (Lipinski definition) is 1. The maximum Gasteiger partial charge on any atom is 0.280 e. The summed E-state index contributed by atoms with van der Waals surface area (Å²) in [5.74, 6) is 0.706. The van der Waals surface area contributed by atoms with Gasteiger partial charge in [0, 0.05) is 12.1 Å². The summed E-state index contributed by atoms with van der Waals surface area (Å²) in [6.07, 6.45) is 1.43. The minimum absolute atomic E-state index is 0.0845. The van der Waals surface area contributed by atoms with Crippen LogP contribution in [0.25, 0.3) is 33.9 Å². The van der Waals surface area contributed by atoms with Crippen molar-refractivity contribution in [3.8, 4) is 17.4 Å². The molecule has 0 aliphatic carbocycles. The largest absolute Gasteiger partial charge is 0.456 e. The molecule has 4 rings (SSSR count). The van der Waals surface area contributed by atoms with Crippen molar-refractivity contribution < 1.29 is 9.34 Å². The van der Waals surface area contributed by atoms with E-state index in [4.69, 9.17) is 4.42 Å². The van der Waals surface area contributed by atoms with Gasteiger partial charge in [-0.25, -0.2) is 4.98 Å². The number of nitrogens with zero attached hydrogens (tertiary/aromatic N) is 3. The molecule has 0 radical (unpaired) electrons. The summed E-state index contributed by atoms with van der Waals surface area (Å²) in [4.78, 5) is 30.1. The molecule has 2 heterocycles. The quantitative estimate of drug-likeness (QED) is 0.307. The van der Waals surface area contributed by atoms with E-state index >= 15 is 0 Å². The summed E-state index contributed by atoms with van der Waals surface area (Å²) < 4.78 is 5.70. The van der Waals surface area contributed by atoms with E-state index in [0.29, 0.717) is 28.0 Å². The molecule has 2 aromatic heterocycles. The second-order valence-electron chi connectivity index (χ2n) is 6.58. The van der Waals surface area contributed by atoms with Gasteiger partial charge in [0.05, 0.1) is 27.0 Å². The zero-order valence-electron chi connectivity index (χ0n) is 15.7. The smallest absolute Gasteiger partial charge is 0.280 e. The van der Waals surface area contributed by atoms with Crippen molar-refractivity contribution in [2.75, 3.05) is 0 Å². The van der Waals surface area contributed by atoms with Crippen LogP contribution in [0.5, 0.6) is 0 Å². The van der Waals surface area contributed by atoms with Gasteiger partial charge in [-0.05, 0) is 42.8 Å². The maximum absolute atomic E-state index is 12.4. The van der Waals surface area contributed by atoms with Crippen molar-refractivity contribution in [3.05, 3.63) is 92.2 Å². The molecule has 30 heavy (non-hydrogen) atoms. The first-order valence-electron chi connectivity index (χ1n) is 8.93. The number of rotatable bonds is 4. The molecule has 0 spiro atoms. The second kappa shape index (κ2) is 7.48. The first-order chi connectivity index (χ1) is 14.5. The number of aromatic amines is 1. The van der Waals surface area contributed by atoms with Gasteiger partial charge in [-0.2, -0.15) is 5.26 Å². The maximum atomic E-state index is 12.4. The highest BCUT2D eigenvalue weighted by molar-refractivity contribution is 5.88. The molecule has 0 saturated carbocycles. The van der Waals surface area contributed by atoms with E-state index in [1.54, 1.807) is 42.5 Å². The van der Waals surface area contributed by atoms with Crippen LogP contribution < -0.4 is 5.56 Å². The Morgan fingerprint density at radius 1 is 1.23 bits per heavy atom. The van der Waals surface area contributed by atoms with Crippen LogP contribution in [0.3, 0.4) is 0 Å². The van der Waals surface area contributed by atoms with E-state index in [-0.39, 0.29) is 22.6 Å². The van der Waals surface area contributed by atoms with E-state index in [0.717, 1.165) is 5.56 Å². The third kappa shape index (κ3) is 3.47. The zero-order valence-corrected chi connectivity index (χ0v) is 15.7. The van der Waals surface area contributed by atoms with Crippen molar-refractivity contribution in [1.29, 1.82) is 5.26 Å². The van der Waals surface area contributed by atoms with E-state index in [2.05, 4.69) is 9.97 Å². The summed E-state index contributed by atoms with van der Waals surface area (Å²) >= 11 is 0. The van der Waals surface area contributed by atoms with Gasteiger partial charge in [0.1, 0.15) is 17.6 Å². The lowest BCUT2D eigenvalue weighted by Gasteiger charge is -2.02. The Morgan fingerprint density at radius 2 is 2.03 bits per heavy atom. The Kier molecular flexibility index (Phi) is 4.70. The van der Waals surface area contributed by atoms with Crippen LogP contribution in [-0.4, -0.2) is 14.9 Å². The zero-order chi connectivity index (χ0) is 21.3. The average molecular weight is 398 g/mol. The van der Waals surface area contributed by atoms with Gasteiger partial charge < -0.3 is 9.40 Å². The van der Waals surface area contributed by atoms with Gasteiger partial charge >= 0.3 is 0 Å². The van der Waals surface area contributed by atoms with Gasteiger partial charge in [-0.15, -0.1) is 0 Å². The number of hydrogen-bond acceptors (Lipinski definition) is 6. The van der Waals surface area contributed by atoms with E-state index < -0.39 is 4.92 Å². The molecule has 8 heteroatoms. The van der Waals surface area contributed by atoms with Crippen LogP contribution in [0, 0.1) is 28.4 Å². The lowest BCUT2D eigenvalue weighted by molar-refractivity contribution is -0.384. The predicted molar refractivity (Wildman–Crippen MR) is 111 cm³/mol. The lowest BCUT2D eigenvalue weighted by atomic mass is 10.1. The number of nitro groups is 1. The number of nitro benzene ring substituents is 1. The summed E-state index contributed by atoms with van der Waals surface area (Å²) in [6.45, 7) is 1.89. The topological polar surface area (TPSA) is 126 Å². The lowest BCUT2D eigenvalue weighted by Crippen LogP contribution is -2.11. The molecule has 0 saturated heterocycles. The van der Waals surface area contributed by atoms with Gasteiger partial charge in [-0.3, -0.25) is 14.9 Å². The van der Waals surface area contributed by atoms with Crippen LogP contribution in [0.1, 0.15) is 17.1 Å². The molecule has 146 valence electrons. The minimum Gasteiger partial charge on any atom is -0.456 e. The standard InChI is InChI=1S/C22H14N4O4/c1-13-6-8-16-18(10-13)24-21(25-22(16)27)14(12-23)11-15-7-9-20(30-15)17-4-2-3-5-19(17)26(28)29/h2-11H,1H3,(H,24,25,27). The Morgan fingerprint density at radius 3 is 2.80 bits per heavy atom. The van der Waals surface area contributed by atoms with Crippen LogP contribution in [0.2, 0.25) is 0 Å². The van der Waals surface area contributed by atoms with E-state index in [1.165, 1.54) is 12.1 Å². The Balaban J connectivity index is 1.77. The molecule has 0 unspecified atom stereocenters. The fourth-order valence-electron chi connectivity index (χ4n) is 3.09. The number of aryl methyl sites for hydroxylation is 1. The Bertz CT molecular complexity index is 1420. The number of fused-ring (bicyclic) bond motifs is 1. The molecule has 0 aliphatic rings. The van der Waals surface area contributed by atoms with Crippen molar-refractivity contribution in [2.45, 2.75) is 6.92 Å². The van der Waals surface area contributed by atoms with Gasteiger partial charge in [0.15, 0.2) is 5.82 Å². The molecule has 0 atom stereocenters. The molecule has 0 fully saturated rings. The number of allylic oxidation sites excluding steroid dienone is 1. The van der Waals surface area contributed by atoms with Crippen molar-refractivity contribution >= 4 is 28.2 Å². The minimum atomic E-state index is -0.486. The van der Waals surface area contributed by atoms with E-state index in [9.17, 15) is 20.2 Å². The number of aromatic nitrogens is 2. The normalized spacial score (nSPS) is 11.4. The molecule has 0 bridgehead atoms. The van der Waals surface area contributed by atoms with Crippen LogP contribution in [0.4, 0.5) is 5.69 Å². The average Bonchev–Trinajstić information content (AvgIpc) is 3.20. The van der Waals surface area contributed by atoms with Crippen LogP contribution >= 0.6 is 0 Å². The number of H-pyrrole nitrogens is 1. The summed E-state index contributed by atoms with van der Waals surface area (Å²) in [5, 5.41) is 21.3. The van der Waals surface area contributed by atoms with Gasteiger partial charge in [0.2, 0.25) is 0 Å². The highest BCUT2D eigenvalue weighted by Gasteiger charge is 2.17. The summed E-state index contributed by atoms with van der Waals surface area (Å²) in [6, 6.07) is 16.7. The summed E-state index contributed by atoms with van der Waals surface area (Å²) in [7, 11) is 0. The number of nitriles is 1. The van der Waals surface area contributed by atoms with E-state index in [1.807, 2.05) is 19.1 Å². The second-order valence-corrected chi connectivity index (χ2v) is 6.58. The fourth-order valence-corrected chi connectivity index (χ4v) is 3.09. The third-order valence-electron chi connectivity index (χ3n) is 4.52. The Labute approximate surface area is 169 Å². The SMILES string of the molecule is Cc1ccc2c(=O)[nH]c(C(C#N)=Cc3ccc(-c4ccccc4[N+](=O)[O-])o3)nc2c1. The first kappa shape index (κ1) is 18.8. The number of nitrogens with one attached hydrogen (secondary N) is 1. The van der Waals surface area contributed by atoms with Crippen LogP contribution in [-0.2, 0) is 0 Å². The third-order valence-corrected chi connectivity index (χ3v) is 4.52. The highest BCUT2D eigenvalue weighted by atomic mass is 16.6. The first-order valence-corrected chi connectivity index (χ1v) is 8.93. The molecular weight excluding hydrogens is 384 g/mol. The molecule has 4 aromatic rings. The van der Waals surface area contributed by atoms with Crippen molar-refractivity contribution in [2.24, 2.45) is 0 Å². The monoisotopic (exact) mass is 398 g/mol. The van der Waals surface area contributed by atoms with Crippen molar-refractivity contribution in [1.82, 2.24) is 9.97 Å². The van der Waals surface area contributed by atoms with Crippen LogP contribution in [0.15, 0.2) is 63.8 Å². The summed E-state index contributed by atoms with van der Waals surface area (Å²) in [5.41, 5.74) is 1.41. The molecule has 2 aromatic carbocycles. The molecule has 0 aliphatic heterocycles.